The van der Waals surface area contributed by atoms with Gasteiger partial charge in [-0.15, -0.1) is 11.6 Å². The van der Waals surface area contributed by atoms with E-state index in [2.05, 4.69) is 13.0 Å². The van der Waals surface area contributed by atoms with Crippen molar-refractivity contribution in [3.8, 4) is 0 Å². The third-order valence-corrected chi connectivity index (χ3v) is 4.19. The van der Waals surface area contributed by atoms with Crippen LogP contribution in [0.3, 0.4) is 0 Å². The molecule has 1 aromatic heterocycles. The van der Waals surface area contributed by atoms with Gasteiger partial charge in [-0.1, -0.05) is 38.3 Å². The summed E-state index contributed by atoms with van der Waals surface area (Å²) in [7, 11) is 0. The van der Waals surface area contributed by atoms with Gasteiger partial charge in [-0.05, 0) is 31.4 Å². The average Bonchev–Trinajstić information content (AvgIpc) is 2.77. The van der Waals surface area contributed by atoms with Gasteiger partial charge in [-0.25, -0.2) is 4.79 Å². The quantitative estimate of drug-likeness (QED) is 0.498. The van der Waals surface area contributed by atoms with E-state index < -0.39 is 0 Å². The van der Waals surface area contributed by atoms with Crippen LogP contribution >= 0.6 is 11.6 Å². The molecule has 0 saturated carbocycles. The van der Waals surface area contributed by atoms with E-state index in [1.165, 1.54) is 19.3 Å². The first-order valence-corrected chi connectivity index (χ1v) is 8.57. The van der Waals surface area contributed by atoms with Crippen LogP contribution in [0, 0.1) is 0 Å². The first kappa shape index (κ1) is 16.2. The van der Waals surface area contributed by atoms with Crippen LogP contribution in [0.4, 0.5) is 0 Å². The van der Waals surface area contributed by atoms with Crippen molar-refractivity contribution >= 4 is 22.6 Å². The zero-order chi connectivity index (χ0) is 15.1. The number of hydrogen-bond donors (Lipinski definition) is 0. The molecule has 116 valence electrons. The van der Waals surface area contributed by atoms with Crippen molar-refractivity contribution in [1.29, 1.82) is 0 Å². The number of fused-ring (bicyclic) bond motifs is 1. The summed E-state index contributed by atoms with van der Waals surface area (Å²) in [5.74, 6) is 0.657. The highest BCUT2D eigenvalue weighted by molar-refractivity contribution is 6.17. The lowest BCUT2D eigenvalue weighted by Gasteiger charge is -2.02. The van der Waals surface area contributed by atoms with E-state index in [1.807, 2.05) is 27.3 Å². The molecule has 0 N–H and O–H groups in total. The fourth-order valence-electron chi connectivity index (χ4n) is 2.77. The minimum Gasteiger partial charge on any atom is -0.292 e. The highest BCUT2D eigenvalue weighted by Gasteiger charge is 2.11. The van der Waals surface area contributed by atoms with Gasteiger partial charge >= 0.3 is 5.69 Å². The fourth-order valence-corrected chi connectivity index (χ4v) is 2.95. The maximum absolute atomic E-state index is 12.6. The topological polar surface area (TPSA) is 26.9 Å². The van der Waals surface area contributed by atoms with Crippen molar-refractivity contribution in [2.75, 3.05) is 5.88 Å². The van der Waals surface area contributed by atoms with Gasteiger partial charge in [0, 0.05) is 19.0 Å². The van der Waals surface area contributed by atoms with E-state index >= 15 is 0 Å². The number of rotatable bonds is 9. The van der Waals surface area contributed by atoms with Gasteiger partial charge in [0.1, 0.15) is 0 Å². The Labute approximate surface area is 131 Å². The molecule has 1 aromatic carbocycles. The Morgan fingerprint density at radius 1 is 0.905 bits per heavy atom. The smallest absolute Gasteiger partial charge is 0.292 e. The Hall–Kier alpha value is -1.22. The molecule has 2 aromatic rings. The van der Waals surface area contributed by atoms with Gasteiger partial charge in [-0.2, -0.15) is 0 Å². The molecule has 0 aliphatic heterocycles. The largest absolute Gasteiger partial charge is 0.329 e. The molecular formula is C17H25ClN2O. The zero-order valence-electron chi connectivity index (χ0n) is 12.9. The lowest BCUT2D eigenvalue weighted by molar-refractivity contribution is 0.554. The Bertz CT molecular complexity index is 615. The third kappa shape index (κ3) is 3.91. The summed E-state index contributed by atoms with van der Waals surface area (Å²) < 4.78 is 3.84. The predicted octanol–water partition coefficient (Wildman–Crippen LogP) is 4.40. The van der Waals surface area contributed by atoms with E-state index in [0.29, 0.717) is 5.88 Å². The molecule has 0 aliphatic rings. The molecule has 21 heavy (non-hydrogen) atoms. The van der Waals surface area contributed by atoms with Gasteiger partial charge in [-0.3, -0.25) is 9.13 Å². The zero-order valence-corrected chi connectivity index (χ0v) is 13.6. The normalized spacial score (nSPS) is 11.3. The van der Waals surface area contributed by atoms with Crippen molar-refractivity contribution in [3.05, 3.63) is 34.7 Å². The second-order valence-corrected chi connectivity index (χ2v) is 5.91. The molecule has 0 fully saturated rings. The maximum Gasteiger partial charge on any atom is 0.329 e. The summed E-state index contributed by atoms with van der Waals surface area (Å²) >= 11 is 5.74. The Balaban J connectivity index is 2.23. The van der Waals surface area contributed by atoms with Crippen LogP contribution in [0.2, 0.25) is 0 Å². The van der Waals surface area contributed by atoms with Crippen LogP contribution in [0.5, 0.6) is 0 Å². The molecule has 0 amide bonds. The standard InChI is InChI=1S/C17H25ClN2O/c1-2-3-4-8-13-19-15-10-5-6-11-16(15)20(17(19)21)14-9-7-12-18/h5-6,10-11H,2-4,7-9,12-14H2,1H3. The van der Waals surface area contributed by atoms with Crippen LogP contribution in [-0.4, -0.2) is 15.0 Å². The molecule has 0 unspecified atom stereocenters. The van der Waals surface area contributed by atoms with Crippen LogP contribution in [-0.2, 0) is 13.1 Å². The van der Waals surface area contributed by atoms with E-state index in [-0.39, 0.29) is 5.69 Å². The Morgan fingerprint density at radius 3 is 2.00 bits per heavy atom. The monoisotopic (exact) mass is 308 g/mol. The molecule has 0 saturated heterocycles. The molecule has 0 spiro atoms. The van der Waals surface area contributed by atoms with Crippen molar-refractivity contribution in [2.45, 2.75) is 58.5 Å². The molecular weight excluding hydrogens is 284 g/mol. The average molecular weight is 309 g/mol. The van der Waals surface area contributed by atoms with Gasteiger partial charge in [0.2, 0.25) is 0 Å². The number of halogens is 1. The molecule has 0 bridgehead atoms. The van der Waals surface area contributed by atoms with E-state index in [9.17, 15) is 4.79 Å². The van der Waals surface area contributed by atoms with Crippen LogP contribution in [0.15, 0.2) is 29.1 Å². The number of alkyl halides is 1. The molecule has 1 heterocycles. The minimum atomic E-state index is 0.127. The van der Waals surface area contributed by atoms with E-state index in [4.69, 9.17) is 11.6 Å². The number of para-hydroxylation sites is 2. The first-order valence-electron chi connectivity index (χ1n) is 8.03. The molecule has 3 nitrogen and oxygen atoms in total. The number of unbranched alkanes of at least 4 members (excludes halogenated alkanes) is 4. The lowest BCUT2D eigenvalue weighted by atomic mass is 10.2. The SMILES string of the molecule is CCCCCCn1c(=O)n(CCCCCl)c2ccccc21. The van der Waals surface area contributed by atoms with E-state index in [0.717, 1.165) is 43.4 Å². The predicted molar refractivity (Wildman–Crippen MR) is 90.3 cm³/mol. The number of imidazole rings is 1. The summed E-state index contributed by atoms with van der Waals surface area (Å²) in [6, 6.07) is 8.10. The highest BCUT2D eigenvalue weighted by Crippen LogP contribution is 2.14. The summed E-state index contributed by atoms with van der Waals surface area (Å²) in [5, 5.41) is 0. The van der Waals surface area contributed by atoms with Gasteiger partial charge in [0.15, 0.2) is 0 Å². The molecule has 0 radical (unpaired) electrons. The van der Waals surface area contributed by atoms with Gasteiger partial charge in [0.05, 0.1) is 11.0 Å². The number of benzene rings is 1. The maximum atomic E-state index is 12.6. The van der Waals surface area contributed by atoms with Crippen LogP contribution in [0.25, 0.3) is 11.0 Å². The number of nitrogens with zero attached hydrogens (tertiary/aromatic N) is 2. The Morgan fingerprint density at radius 2 is 1.48 bits per heavy atom. The van der Waals surface area contributed by atoms with Crippen LogP contribution in [0.1, 0.15) is 45.4 Å². The lowest BCUT2D eigenvalue weighted by Crippen LogP contribution is -2.24. The van der Waals surface area contributed by atoms with Gasteiger partial charge < -0.3 is 0 Å². The second kappa shape index (κ2) is 8.28. The summed E-state index contributed by atoms with van der Waals surface area (Å²) in [4.78, 5) is 12.6. The molecule has 2 rings (SSSR count). The Kier molecular flexibility index (Phi) is 6.37. The van der Waals surface area contributed by atoms with Crippen molar-refractivity contribution in [3.63, 3.8) is 0 Å². The number of hydrogen-bond acceptors (Lipinski definition) is 1. The summed E-state index contributed by atoms with van der Waals surface area (Å²) in [6.45, 7) is 3.78. The highest BCUT2D eigenvalue weighted by atomic mass is 35.5. The molecule has 0 atom stereocenters. The summed E-state index contributed by atoms with van der Waals surface area (Å²) in [6.07, 6.45) is 6.62. The summed E-state index contributed by atoms with van der Waals surface area (Å²) in [5.41, 5.74) is 2.24. The van der Waals surface area contributed by atoms with Crippen molar-refractivity contribution in [2.24, 2.45) is 0 Å². The third-order valence-electron chi connectivity index (χ3n) is 3.93. The van der Waals surface area contributed by atoms with Crippen molar-refractivity contribution < 1.29 is 0 Å². The van der Waals surface area contributed by atoms with Gasteiger partial charge in [0.25, 0.3) is 0 Å². The minimum absolute atomic E-state index is 0.127. The molecule has 0 aliphatic carbocycles. The first-order chi connectivity index (χ1) is 10.3. The van der Waals surface area contributed by atoms with Crippen LogP contribution < -0.4 is 5.69 Å². The second-order valence-electron chi connectivity index (χ2n) is 5.53. The van der Waals surface area contributed by atoms with Crippen molar-refractivity contribution in [1.82, 2.24) is 9.13 Å². The van der Waals surface area contributed by atoms with E-state index in [1.54, 1.807) is 0 Å². The number of aromatic nitrogens is 2. The molecule has 4 heteroatoms. The fraction of sp³-hybridized carbons (Fsp3) is 0.588. The number of aryl methyl sites for hydroxylation is 2.